The topological polar surface area (TPSA) is 0 Å². The average molecular weight is 445 g/mol. The molecule has 1 aliphatic carbocycles. The third-order valence-corrected chi connectivity index (χ3v) is 7.32. The van der Waals surface area contributed by atoms with Gasteiger partial charge in [0.05, 0.1) is 0 Å². The molecule has 0 spiro atoms. The summed E-state index contributed by atoms with van der Waals surface area (Å²) >= 11 is 0. The van der Waals surface area contributed by atoms with E-state index in [2.05, 4.69) is 133 Å². The molecule has 7 aromatic carbocycles. The monoisotopic (exact) mass is 444 g/mol. The first-order valence-electron chi connectivity index (χ1n) is 12.2. The van der Waals surface area contributed by atoms with E-state index < -0.39 is 0 Å². The minimum Gasteiger partial charge on any atom is -0.0619 e. The normalized spacial score (nSPS) is 11.9. The molecule has 0 aliphatic heterocycles. The largest absolute Gasteiger partial charge is 0.0619 e. The molecule has 0 N–H and O–H groups in total. The molecule has 0 nitrogen and oxygen atoms in total. The summed E-state index contributed by atoms with van der Waals surface area (Å²) in [6, 6.07) is 48.0. The first kappa shape index (κ1) is 20.0. The van der Waals surface area contributed by atoms with E-state index >= 15 is 0 Å². The highest BCUT2D eigenvalue weighted by atomic mass is 14.2. The number of hydrogen-bond acceptors (Lipinski definition) is 0. The van der Waals surface area contributed by atoms with Crippen LogP contribution in [0.5, 0.6) is 0 Å². The molecule has 0 fully saturated rings. The second kappa shape index (κ2) is 8.11. The zero-order valence-corrected chi connectivity index (χ0v) is 19.4. The maximum Gasteiger partial charge on any atom is -0.00135 e. The van der Waals surface area contributed by atoms with E-state index in [1.165, 1.54) is 65.3 Å². The quantitative estimate of drug-likeness (QED) is 0.161. The van der Waals surface area contributed by atoms with Gasteiger partial charge in [0.15, 0.2) is 0 Å². The van der Waals surface area contributed by atoms with Gasteiger partial charge in [-0.2, -0.15) is 0 Å². The lowest BCUT2D eigenvalue weighted by Crippen LogP contribution is -1.83. The van der Waals surface area contributed by atoms with Crippen molar-refractivity contribution in [2.24, 2.45) is 0 Å². The molecule has 0 heterocycles. The van der Waals surface area contributed by atoms with Crippen LogP contribution in [-0.2, 0) is 6.42 Å². The van der Waals surface area contributed by atoms with Crippen LogP contribution in [0.15, 0.2) is 133 Å². The molecule has 8 rings (SSSR count). The summed E-state index contributed by atoms with van der Waals surface area (Å²) in [6.45, 7) is 0. The van der Waals surface area contributed by atoms with Crippen molar-refractivity contribution in [1.29, 1.82) is 0 Å². The van der Waals surface area contributed by atoms with Gasteiger partial charge < -0.3 is 0 Å². The highest BCUT2D eigenvalue weighted by Crippen LogP contribution is 2.37. The van der Waals surface area contributed by atoms with Crippen molar-refractivity contribution in [1.82, 2.24) is 0 Å². The highest BCUT2D eigenvalue weighted by molar-refractivity contribution is 6.27. The zero-order valence-electron chi connectivity index (χ0n) is 19.4. The van der Waals surface area contributed by atoms with E-state index in [1.54, 1.807) is 0 Å². The lowest BCUT2D eigenvalue weighted by atomic mass is 9.92. The predicted octanol–water partition coefficient (Wildman–Crippen LogP) is 9.56. The lowest BCUT2D eigenvalue weighted by molar-refractivity contribution is 1.26. The lowest BCUT2D eigenvalue weighted by Gasteiger charge is -2.11. The van der Waals surface area contributed by atoms with Crippen molar-refractivity contribution >= 4 is 43.1 Å². The standard InChI is InChI=1S/C22H14.C13H10/c1-2-8-16-14-22-20-12-6-4-10-18(20)17-9-3-5-11-19(17)21(22)13-15(16)7-1;1-3-7-12-10(5-1)9-11-6-2-4-8-13(11)12/h1-14H;1-8H,9H2. The molecule has 35 heavy (non-hydrogen) atoms. The van der Waals surface area contributed by atoms with E-state index in [4.69, 9.17) is 0 Å². The van der Waals surface area contributed by atoms with Crippen LogP contribution in [0, 0.1) is 0 Å². The minimum absolute atomic E-state index is 1.10. The molecule has 0 bridgehead atoms. The van der Waals surface area contributed by atoms with Crippen LogP contribution in [0.25, 0.3) is 54.2 Å². The van der Waals surface area contributed by atoms with E-state index in [-0.39, 0.29) is 0 Å². The van der Waals surface area contributed by atoms with Gasteiger partial charge in [0, 0.05) is 0 Å². The summed E-state index contributed by atoms with van der Waals surface area (Å²) in [5.74, 6) is 0. The van der Waals surface area contributed by atoms with Crippen molar-refractivity contribution < 1.29 is 0 Å². The van der Waals surface area contributed by atoms with Crippen LogP contribution in [-0.4, -0.2) is 0 Å². The van der Waals surface area contributed by atoms with Gasteiger partial charge in [-0.05, 0) is 83.9 Å². The molecule has 0 amide bonds. The van der Waals surface area contributed by atoms with Gasteiger partial charge in [-0.1, -0.05) is 121 Å². The smallest absolute Gasteiger partial charge is 0.00135 e. The van der Waals surface area contributed by atoms with Gasteiger partial charge >= 0.3 is 0 Å². The van der Waals surface area contributed by atoms with Crippen LogP contribution in [0.3, 0.4) is 0 Å². The van der Waals surface area contributed by atoms with E-state index in [1.807, 2.05) is 0 Å². The fourth-order valence-electron chi connectivity index (χ4n) is 5.67. The minimum atomic E-state index is 1.10. The van der Waals surface area contributed by atoms with Gasteiger partial charge in [-0.3, -0.25) is 0 Å². The molecule has 0 radical (unpaired) electrons. The Morgan fingerprint density at radius 1 is 0.314 bits per heavy atom. The number of fused-ring (bicyclic) bond motifs is 10. The van der Waals surface area contributed by atoms with Crippen molar-refractivity contribution in [2.75, 3.05) is 0 Å². The van der Waals surface area contributed by atoms with Crippen LogP contribution in [0.2, 0.25) is 0 Å². The predicted molar refractivity (Wildman–Crippen MR) is 151 cm³/mol. The van der Waals surface area contributed by atoms with Gasteiger partial charge in [0.25, 0.3) is 0 Å². The van der Waals surface area contributed by atoms with Crippen molar-refractivity contribution in [3.63, 3.8) is 0 Å². The first-order valence-corrected chi connectivity index (χ1v) is 12.2. The van der Waals surface area contributed by atoms with E-state index in [0.717, 1.165) is 6.42 Å². The number of rotatable bonds is 0. The molecule has 0 aromatic heterocycles. The average Bonchev–Trinajstić information content (AvgIpc) is 3.31. The van der Waals surface area contributed by atoms with Gasteiger partial charge in [-0.25, -0.2) is 0 Å². The van der Waals surface area contributed by atoms with Crippen molar-refractivity contribution in [3.8, 4) is 11.1 Å². The summed E-state index contributed by atoms with van der Waals surface area (Å²) in [4.78, 5) is 0. The van der Waals surface area contributed by atoms with Crippen molar-refractivity contribution in [3.05, 3.63) is 145 Å². The summed E-state index contributed by atoms with van der Waals surface area (Å²) < 4.78 is 0. The summed E-state index contributed by atoms with van der Waals surface area (Å²) in [6.07, 6.45) is 1.10. The third-order valence-electron chi connectivity index (χ3n) is 7.32. The zero-order chi connectivity index (χ0) is 23.2. The Hall–Kier alpha value is -4.42. The molecule has 0 atom stereocenters. The maximum atomic E-state index is 2.33. The fraction of sp³-hybridized carbons (Fsp3) is 0.0286. The second-order valence-corrected chi connectivity index (χ2v) is 9.33. The molecule has 0 heteroatoms. The number of hydrogen-bond donors (Lipinski definition) is 0. The fourth-order valence-corrected chi connectivity index (χ4v) is 5.67. The molecule has 1 aliphatic rings. The first-order chi connectivity index (χ1) is 17.4. The van der Waals surface area contributed by atoms with Crippen molar-refractivity contribution in [2.45, 2.75) is 6.42 Å². The second-order valence-electron chi connectivity index (χ2n) is 9.33. The highest BCUT2D eigenvalue weighted by Gasteiger charge is 2.15. The molecule has 0 saturated heterocycles. The molecule has 0 unspecified atom stereocenters. The molecule has 7 aromatic rings. The molecule has 164 valence electrons. The van der Waals surface area contributed by atoms with E-state index in [0.29, 0.717) is 0 Å². The van der Waals surface area contributed by atoms with Crippen LogP contribution in [0.1, 0.15) is 11.1 Å². The summed E-state index contributed by atoms with van der Waals surface area (Å²) in [7, 11) is 0. The Bertz CT molecular complexity index is 1740. The Labute approximate surface area is 205 Å². The van der Waals surface area contributed by atoms with Crippen LogP contribution >= 0.6 is 0 Å². The van der Waals surface area contributed by atoms with Gasteiger partial charge in [0.2, 0.25) is 0 Å². The Balaban J connectivity index is 0.000000137. The Morgan fingerprint density at radius 3 is 1.11 bits per heavy atom. The molecule has 0 saturated carbocycles. The summed E-state index contributed by atoms with van der Waals surface area (Å²) in [5.41, 5.74) is 5.75. The SMILES string of the molecule is c1ccc2c(c1)Cc1ccccc1-2.c1ccc2cc3c4ccccc4c4ccccc4c3cc2c1. The van der Waals surface area contributed by atoms with Gasteiger partial charge in [0.1, 0.15) is 0 Å². The summed E-state index contributed by atoms with van der Waals surface area (Å²) in [5, 5.41) is 10.6. The van der Waals surface area contributed by atoms with E-state index in [9.17, 15) is 0 Å². The Kier molecular flexibility index (Phi) is 4.63. The van der Waals surface area contributed by atoms with Crippen LogP contribution < -0.4 is 0 Å². The molecular weight excluding hydrogens is 420 g/mol. The Morgan fingerprint density at radius 2 is 0.657 bits per heavy atom. The molecular formula is C35H24. The third kappa shape index (κ3) is 3.30. The van der Waals surface area contributed by atoms with Gasteiger partial charge in [-0.15, -0.1) is 0 Å². The number of benzene rings is 7. The van der Waals surface area contributed by atoms with Crippen LogP contribution in [0.4, 0.5) is 0 Å². The maximum absolute atomic E-state index is 2.33.